The highest BCUT2D eigenvalue weighted by Gasteiger charge is 2.49. The molecule has 2 aromatic rings. The Labute approximate surface area is 150 Å². The van der Waals surface area contributed by atoms with Crippen LogP contribution in [0.15, 0.2) is 18.3 Å². The molecule has 4 rings (SSSR count). The summed E-state index contributed by atoms with van der Waals surface area (Å²) in [7, 11) is 0. The molecule has 1 amide bonds. The second-order valence-corrected chi connectivity index (χ2v) is 7.40. The van der Waals surface area contributed by atoms with Gasteiger partial charge in [0.2, 0.25) is 17.7 Å². The normalized spacial score (nSPS) is 21.0. The molecular weight excluding hydrogens is 342 g/mol. The molecule has 0 aromatic carbocycles. The second kappa shape index (κ2) is 6.48. The van der Waals surface area contributed by atoms with E-state index in [0.29, 0.717) is 31.5 Å². The van der Waals surface area contributed by atoms with E-state index in [0.717, 1.165) is 24.2 Å². The van der Waals surface area contributed by atoms with Crippen molar-refractivity contribution in [3.05, 3.63) is 24.0 Å². The maximum absolute atomic E-state index is 12.9. The van der Waals surface area contributed by atoms with Crippen LogP contribution in [-0.2, 0) is 4.79 Å². The molecule has 0 atom stereocenters. The molecule has 0 bridgehead atoms. The summed E-state index contributed by atoms with van der Waals surface area (Å²) in [6, 6.07) is 3.67. The van der Waals surface area contributed by atoms with Gasteiger partial charge in [-0.15, -0.1) is 5.10 Å². The van der Waals surface area contributed by atoms with E-state index in [-0.39, 0.29) is 18.7 Å². The third kappa shape index (κ3) is 3.50. The summed E-state index contributed by atoms with van der Waals surface area (Å²) in [4.78, 5) is 18.3. The number of amides is 1. The number of ether oxygens (including phenoxy) is 1. The van der Waals surface area contributed by atoms with E-state index in [1.165, 1.54) is 0 Å². The van der Waals surface area contributed by atoms with Gasteiger partial charge in [0.1, 0.15) is 0 Å². The number of likely N-dealkylation sites (tertiary alicyclic amines) is 1. The summed E-state index contributed by atoms with van der Waals surface area (Å²) in [5.74, 6) is -2.37. The van der Waals surface area contributed by atoms with Crippen LogP contribution in [0.2, 0.25) is 0 Å². The summed E-state index contributed by atoms with van der Waals surface area (Å²) >= 11 is 0. The summed E-state index contributed by atoms with van der Waals surface area (Å²) in [6.45, 7) is 3.68. The molecule has 6 nitrogen and oxygen atoms in total. The number of hydrogen-bond acceptors (Lipinski definition) is 4. The first-order chi connectivity index (χ1) is 12.4. The van der Waals surface area contributed by atoms with Crippen molar-refractivity contribution in [1.29, 1.82) is 0 Å². The van der Waals surface area contributed by atoms with Crippen molar-refractivity contribution in [2.45, 2.75) is 38.5 Å². The fourth-order valence-corrected chi connectivity index (χ4v) is 3.68. The number of aryl methyl sites for hydroxylation is 1. The highest BCUT2D eigenvalue weighted by atomic mass is 19.3. The van der Waals surface area contributed by atoms with Crippen LogP contribution in [0.4, 0.5) is 8.78 Å². The number of fused-ring (bicyclic) bond motifs is 1. The van der Waals surface area contributed by atoms with Gasteiger partial charge in [0.05, 0.1) is 18.5 Å². The molecule has 1 saturated heterocycles. The number of rotatable bonds is 4. The fraction of sp³-hybridized carbons (Fsp3) is 0.611. The van der Waals surface area contributed by atoms with Crippen LogP contribution in [0.25, 0.3) is 5.65 Å². The van der Waals surface area contributed by atoms with Gasteiger partial charge < -0.3 is 9.64 Å². The van der Waals surface area contributed by atoms with Crippen molar-refractivity contribution < 1.29 is 18.3 Å². The zero-order chi connectivity index (χ0) is 18.3. The standard InChI is InChI=1S/C18H22F2N4O2/c1-12-10-24-15(21-12)2-3-16(22-24)26-11-13-4-6-23(7-5-13)17(25)14-8-18(19,20)9-14/h2-3,10,13-14H,4-9,11H2,1H3. The van der Waals surface area contributed by atoms with Crippen molar-refractivity contribution in [3.63, 3.8) is 0 Å². The van der Waals surface area contributed by atoms with Gasteiger partial charge in [0.15, 0.2) is 5.65 Å². The lowest BCUT2D eigenvalue weighted by molar-refractivity contribution is -0.161. The molecule has 1 aliphatic heterocycles. The van der Waals surface area contributed by atoms with E-state index in [2.05, 4.69) is 10.1 Å². The first kappa shape index (κ1) is 17.2. The van der Waals surface area contributed by atoms with Crippen molar-refractivity contribution in [3.8, 4) is 5.88 Å². The van der Waals surface area contributed by atoms with Gasteiger partial charge in [-0.1, -0.05) is 0 Å². The van der Waals surface area contributed by atoms with Crippen LogP contribution in [0.3, 0.4) is 0 Å². The van der Waals surface area contributed by atoms with Crippen LogP contribution >= 0.6 is 0 Å². The van der Waals surface area contributed by atoms with Crippen molar-refractivity contribution >= 4 is 11.6 Å². The molecule has 1 saturated carbocycles. The van der Waals surface area contributed by atoms with Gasteiger partial charge in [-0.25, -0.2) is 18.3 Å². The van der Waals surface area contributed by atoms with Gasteiger partial charge in [0, 0.05) is 37.9 Å². The van der Waals surface area contributed by atoms with E-state index >= 15 is 0 Å². The van der Waals surface area contributed by atoms with Crippen molar-refractivity contribution in [2.24, 2.45) is 11.8 Å². The Balaban J connectivity index is 1.25. The SMILES string of the molecule is Cc1cn2nc(OCC3CCN(C(=O)C4CC(F)(F)C4)CC3)ccc2n1. The Morgan fingerprint density at radius 3 is 2.73 bits per heavy atom. The van der Waals surface area contributed by atoms with Gasteiger partial charge in [-0.3, -0.25) is 4.79 Å². The van der Waals surface area contributed by atoms with Gasteiger partial charge >= 0.3 is 0 Å². The molecule has 0 radical (unpaired) electrons. The van der Waals surface area contributed by atoms with E-state index in [1.54, 1.807) is 15.5 Å². The molecule has 0 N–H and O–H groups in total. The first-order valence-corrected chi connectivity index (χ1v) is 9.02. The van der Waals surface area contributed by atoms with Crippen molar-refractivity contribution in [1.82, 2.24) is 19.5 Å². The number of imidazole rings is 1. The Morgan fingerprint density at radius 1 is 1.31 bits per heavy atom. The van der Waals surface area contributed by atoms with Crippen LogP contribution in [0, 0.1) is 18.8 Å². The molecule has 3 heterocycles. The molecule has 0 spiro atoms. The smallest absolute Gasteiger partial charge is 0.249 e. The Morgan fingerprint density at radius 2 is 2.04 bits per heavy atom. The number of halogens is 2. The number of piperidine rings is 1. The summed E-state index contributed by atoms with van der Waals surface area (Å²) in [5, 5.41) is 4.38. The zero-order valence-electron chi connectivity index (χ0n) is 14.7. The van der Waals surface area contributed by atoms with Gasteiger partial charge in [-0.05, 0) is 31.7 Å². The largest absolute Gasteiger partial charge is 0.476 e. The van der Waals surface area contributed by atoms with E-state index in [9.17, 15) is 13.6 Å². The van der Waals surface area contributed by atoms with Crippen LogP contribution < -0.4 is 4.74 Å². The predicted molar refractivity (Wildman–Crippen MR) is 90.2 cm³/mol. The lowest BCUT2D eigenvalue weighted by Gasteiger charge is -2.39. The molecule has 1 aliphatic carbocycles. The third-order valence-corrected chi connectivity index (χ3v) is 5.25. The van der Waals surface area contributed by atoms with Crippen LogP contribution in [0.5, 0.6) is 5.88 Å². The average Bonchev–Trinajstić information content (AvgIpc) is 2.97. The molecule has 26 heavy (non-hydrogen) atoms. The molecule has 2 aliphatic rings. The maximum Gasteiger partial charge on any atom is 0.249 e. The molecule has 8 heteroatoms. The lowest BCUT2D eigenvalue weighted by Crippen LogP contribution is -2.49. The number of alkyl halides is 2. The summed E-state index contributed by atoms with van der Waals surface area (Å²) < 4.78 is 33.4. The molecule has 0 unspecified atom stereocenters. The van der Waals surface area contributed by atoms with E-state index in [4.69, 9.17) is 4.74 Å². The quantitative estimate of drug-likeness (QED) is 0.837. The summed E-state index contributed by atoms with van der Waals surface area (Å²) in [6.07, 6.45) is 2.90. The predicted octanol–water partition coefficient (Wildman–Crippen LogP) is 2.70. The number of nitrogens with zero attached hydrogens (tertiary/aromatic N) is 4. The molecule has 2 fully saturated rings. The minimum atomic E-state index is -2.64. The number of carbonyl (C=O) groups excluding carboxylic acids is 1. The van der Waals surface area contributed by atoms with Gasteiger partial charge in [-0.2, -0.15) is 0 Å². The Bertz CT molecular complexity index is 807. The number of hydrogen-bond donors (Lipinski definition) is 0. The molecule has 140 valence electrons. The summed E-state index contributed by atoms with van der Waals surface area (Å²) in [5.41, 5.74) is 1.68. The third-order valence-electron chi connectivity index (χ3n) is 5.25. The van der Waals surface area contributed by atoms with Crippen LogP contribution in [-0.4, -0.2) is 51.0 Å². The highest BCUT2D eigenvalue weighted by Crippen LogP contribution is 2.43. The van der Waals surface area contributed by atoms with Crippen molar-refractivity contribution in [2.75, 3.05) is 19.7 Å². The number of carbonyl (C=O) groups is 1. The zero-order valence-corrected chi connectivity index (χ0v) is 14.7. The number of aromatic nitrogens is 3. The lowest BCUT2D eigenvalue weighted by atomic mass is 9.80. The first-order valence-electron chi connectivity index (χ1n) is 9.02. The highest BCUT2D eigenvalue weighted by molar-refractivity contribution is 5.80. The Kier molecular flexibility index (Phi) is 4.28. The van der Waals surface area contributed by atoms with Gasteiger partial charge in [0.25, 0.3) is 0 Å². The minimum Gasteiger partial charge on any atom is -0.476 e. The topological polar surface area (TPSA) is 59.7 Å². The van der Waals surface area contributed by atoms with E-state index in [1.807, 2.05) is 19.2 Å². The second-order valence-electron chi connectivity index (χ2n) is 7.40. The monoisotopic (exact) mass is 364 g/mol. The molecule has 2 aromatic heterocycles. The fourth-order valence-electron chi connectivity index (χ4n) is 3.68. The molecular formula is C18H22F2N4O2. The maximum atomic E-state index is 12.9. The average molecular weight is 364 g/mol. The Hall–Kier alpha value is -2.25. The van der Waals surface area contributed by atoms with E-state index < -0.39 is 11.8 Å². The minimum absolute atomic E-state index is 0.113. The van der Waals surface area contributed by atoms with Crippen LogP contribution in [0.1, 0.15) is 31.4 Å².